The van der Waals surface area contributed by atoms with Crippen LogP contribution in [0.1, 0.15) is 37.3 Å². The molecule has 0 bridgehead atoms. The Morgan fingerprint density at radius 2 is 1.65 bits per heavy atom. The van der Waals surface area contributed by atoms with Crippen molar-refractivity contribution in [3.05, 3.63) is 83.7 Å². The third-order valence-electron chi connectivity index (χ3n) is 4.64. The number of halogens is 1. The van der Waals surface area contributed by atoms with Gasteiger partial charge in [0, 0.05) is 0 Å². The Morgan fingerprint density at radius 3 is 2.35 bits per heavy atom. The second-order valence-electron chi connectivity index (χ2n) is 6.51. The van der Waals surface area contributed by atoms with Crippen molar-refractivity contribution < 1.29 is 4.39 Å². The molecule has 1 nitrogen and oxygen atoms in total. The van der Waals surface area contributed by atoms with Crippen molar-refractivity contribution in [1.29, 1.82) is 5.26 Å². The molecule has 3 rings (SSSR count). The normalized spacial score (nSPS) is 10.5. The summed E-state index contributed by atoms with van der Waals surface area (Å²) in [5.74, 6) is -0.476. The first-order valence-electron chi connectivity index (χ1n) is 9.11. The van der Waals surface area contributed by atoms with Crippen molar-refractivity contribution >= 4 is 0 Å². The summed E-state index contributed by atoms with van der Waals surface area (Å²) in [6.45, 7) is 2.21. The molecule has 0 fully saturated rings. The first kappa shape index (κ1) is 17.9. The molecule has 3 aromatic rings. The molecule has 0 radical (unpaired) electrons. The summed E-state index contributed by atoms with van der Waals surface area (Å²) in [7, 11) is 0. The van der Waals surface area contributed by atoms with E-state index < -0.39 is 5.82 Å². The number of benzene rings is 3. The fourth-order valence-electron chi connectivity index (χ4n) is 3.21. The molecule has 2 heteroatoms. The van der Waals surface area contributed by atoms with Gasteiger partial charge in [-0.25, -0.2) is 4.39 Å². The summed E-state index contributed by atoms with van der Waals surface area (Å²) in [5, 5.41) is 8.96. The van der Waals surface area contributed by atoms with Crippen LogP contribution in [0.15, 0.2) is 66.7 Å². The minimum atomic E-state index is -0.476. The monoisotopic (exact) mass is 343 g/mol. The van der Waals surface area contributed by atoms with E-state index in [2.05, 4.69) is 37.3 Å². The van der Waals surface area contributed by atoms with E-state index in [0.29, 0.717) is 0 Å². The Hall–Kier alpha value is -2.92. The molecule has 26 heavy (non-hydrogen) atoms. The average molecular weight is 343 g/mol. The number of hydrogen-bond donors (Lipinski definition) is 0. The molecule has 0 aliphatic heterocycles. The van der Waals surface area contributed by atoms with Crippen molar-refractivity contribution in [2.75, 3.05) is 0 Å². The molecule has 0 unspecified atom stereocenters. The van der Waals surface area contributed by atoms with Crippen LogP contribution < -0.4 is 0 Å². The van der Waals surface area contributed by atoms with E-state index in [1.165, 1.54) is 30.9 Å². The molecule has 0 N–H and O–H groups in total. The third kappa shape index (κ3) is 4.00. The number of nitriles is 1. The lowest BCUT2D eigenvalue weighted by molar-refractivity contribution is 0.624. The minimum absolute atomic E-state index is 0.0752. The molecule has 130 valence electrons. The quantitative estimate of drug-likeness (QED) is 0.453. The summed E-state index contributed by atoms with van der Waals surface area (Å²) >= 11 is 0. The van der Waals surface area contributed by atoms with Crippen LogP contribution in [-0.2, 0) is 6.42 Å². The van der Waals surface area contributed by atoms with Gasteiger partial charge in [-0.1, -0.05) is 74.4 Å². The summed E-state index contributed by atoms with van der Waals surface area (Å²) in [6, 6.07) is 23.3. The van der Waals surface area contributed by atoms with E-state index >= 15 is 0 Å². The summed E-state index contributed by atoms with van der Waals surface area (Å²) < 4.78 is 14.1. The van der Waals surface area contributed by atoms with E-state index in [1.807, 2.05) is 30.3 Å². The number of hydrogen-bond acceptors (Lipinski definition) is 1. The maximum Gasteiger partial charge on any atom is 0.141 e. The van der Waals surface area contributed by atoms with Gasteiger partial charge in [0.15, 0.2) is 0 Å². The van der Waals surface area contributed by atoms with E-state index in [-0.39, 0.29) is 5.56 Å². The van der Waals surface area contributed by atoms with Crippen LogP contribution >= 0.6 is 0 Å². The lowest BCUT2D eigenvalue weighted by Crippen LogP contribution is -1.92. The number of aryl methyl sites for hydroxylation is 1. The fraction of sp³-hybridized carbons (Fsp3) is 0.208. The van der Waals surface area contributed by atoms with Crippen molar-refractivity contribution in [2.24, 2.45) is 0 Å². The Kier molecular flexibility index (Phi) is 5.81. The van der Waals surface area contributed by atoms with Crippen molar-refractivity contribution in [2.45, 2.75) is 32.6 Å². The smallest absolute Gasteiger partial charge is 0.141 e. The highest BCUT2D eigenvalue weighted by Crippen LogP contribution is 2.34. The highest BCUT2D eigenvalue weighted by Gasteiger charge is 2.11. The highest BCUT2D eigenvalue weighted by molar-refractivity contribution is 5.84. The van der Waals surface area contributed by atoms with E-state index in [1.54, 1.807) is 6.07 Å². The third-order valence-corrected chi connectivity index (χ3v) is 4.64. The lowest BCUT2D eigenvalue weighted by atomic mass is 9.91. The SMILES string of the molecule is CCCCCc1ccc(-c2ccc(C#N)c(F)c2)c(-c2ccccc2)c1. The fourth-order valence-corrected chi connectivity index (χ4v) is 3.21. The first-order valence-corrected chi connectivity index (χ1v) is 9.11. The molecule has 0 aliphatic rings. The predicted molar refractivity (Wildman–Crippen MR) is 105 cm³/mol. The van der Waals surface area contributed by atoms with Gasteiger partial charge in [0.2, 0.25) is 0 Å². The molecule has 0 saturated carbocycles. The Labute approximate surface area is 154 Å². The molecule has 0 heterocycles. The predicted octanol–water partition coefficient (Wildman–Crippen LogP) is 6.76. The van der Waals surface area contributed by atoms with Gasteiger partial charge in [-0.3, -0.25) is 0 Å². The summed E-state index contributed by atoms with van der Waals surface area (Å²) in [5.41, 5.74) is 5.37. The van der Waals surface area contributed by atoms with E-state index in [0.717, 1.165) is 28.7 Å². The van der Waals surface area contributed by atoms with Gasteiger partial charge in [0.25, 0.3) is 0 Å². The van der Waals surface area contributed by atoms with Crippen molar-refractivity contribution in [3.8, 4) is 28.3 Å². The maximum atomic E-state index is 14.1. The van der Waals surface area contributed by atoms with E-state index in [4.69, 9.17) is 5.26 Å². The van der Waals surface area contributed by atoms with Crippen LogP contribution in [0.4, 0.5) is 4.39 Å². The molecule has 3 aromatic carbocycles. The van der Waals surface area contributed by atoms with Gasteiger partial charge in [-0.15, -0.1) is 0 Å². The van der Waals surface area contributed by atoms with Gasteiger partial charge in [-0.05, 0) is 52.8 Å². The Balaban J connectivity index is 2.06. The minimum Gasteiger partial charge on any atom is -0.206 e. The van der Waals surface area contributed by atoms with Crippen LogP contribution in [0, 0.1) is 17.1 Å². The molecule has 0 spiro atoms. The lowest BCUT2D eigenvalue weighted by Gasteiger charge is -2.13. The second kappa shape index (κ2) is 8.45. The standard InChI is InChI=1S/C24H22FN/c1-2-3-5-8-18-11-14-22(20-12-13-21(17-26)24(25)16-20)23(15-18)19-9-6-4-7-10-19/h4,6-7,9-16H,2-3,5,8H2,1H3. The van der Waals surface area contributed by atoms with Crippen molar-refractivity contribution in [1.82, 2.24) is 0 Å². The molecular formula is C24H22FN. The largest absolute Gasteiger partial charge is 0.206 e. The van der Waals surface area contributed by atoms with Crippen molar-refractivity contribution in [3.63, 3.8) is 0 Å². The van der Waals surface area contributed by atoms with Crippen LogP contribution in [0.2, 0.25) is 0 Å². The topological polar surface area (TPSA) is 23.8 Å². The zero-order valence-electron chi connectivity index (χ0n) is 15.0. The zero-order valence-corrected chi connectivity index (χ0v) is 15.0. The second-order valence-corrected chi connectivity index (χ2v) is 6.51. The van der Waals surface area contributed by atoms with Crippen LogP contribution in [0.3, 0.4) is 0 Å². The molecule has 0 atom stereocenters. The summed E-state index contributed by atoms with van der Waals surface area (Å²) in [4.78, 5) is 0. The molecular weight excluding hydrogens is 321 g/mol. The van der Waals surface area contributed by atoms with Crippen LogP contribution in [0.25, 0.3) is 22.3 Å². The van der Waals surface area contributed by atoms with Crippen LogP contribution in [-0.4, -0.2) is 0 Å². The molecule has 0 saturated heterocycles. The Bertz CT molecular complexity index is 923. The Morgan fingerprint density at radius 1 is 0.846 bits per heavy atom. The summed E-state index contributed by atoms with van der Waals surface area (Å²) in [6.07, 6.45) is 4.66. The van der Waals surface area contributed by atoms with Gasteiger partial charge in [0.1, 0.15) is 11.9 Å². The number of unbranched alkanes of at least 4 members (excludes halogenated alkanes) is 2. The molecule has 0 amide bonds. The average Bonchev–Trinajstić information content (AvgIpc) is 2.69. The molecule has 0 aromatic heterocycles. The number of rotatable bonds is 6. The first-order chi connectivity index (χ1) is 12.7. The number of nitrogens with zero attached hydrogens (tertiary/aromatic N) is 1. The highest BCUT2D eigenvalue weighted by atomic mass is 19.1. The maximum absolute atomic E-state index is 14.1. The van der Waals surface area contributed by atoms with E-state index in [9.17, 15) is 4.39 Å². The zero-order chi connectivity index (χ0) is 18.4. The molecule has 0 aliphatic carbocycles. The van der Waals surface area contributed by atoms with Gasteiger partial charge < -0.3 is 0 Å². The van der Waals surface area contributed by atoms with Gasteiger partial charge in [-0.2, -0.15) is 5.26 Å². The van der Waals surface area contributed by atoms with Crippen LogP contribution in [0.5, 0.6) is 0 Å². The van der Waals surface area contributed by atoms with Gasteiger partial charge in [0.05, 0.1) is 5.56 Å². The van der Waals surface area contributed by atoms with Gasteiger partial charge >= 0.3 is 0 Å².